The van der Waals surface area contributed by atoms with Crippen molar-refractivity contribution in [3.05, 3.63) is 24.4 Å². The molecule has 48 valence electrons. The number of allylic oxidation sites excluding steroid dienone is 2. The maximum absolute atomic E-state index is 10.8. The van der Waals surface area contributed by atoms with Gasteiger partial charge in [0.2, 0.25) is 5.91 Å². The molecule has 0 bridgehead atoms. The molecule has 1 heterocycles. The van der Waals surface area contributed by atoms with Crippen LogP contribution >= 0.6 is 0 Å². The van der Waals surface area contributed by atoms with Gasteiger partial charge in [-0.1, -0.05) is 19.1 Å². The summed E-state index contributed by atoms with van der Waals surface area (Å²) in [6, 6.07) is 0. The van der Waals surface area contributed by atoms with Crippen molar-refractivity contribution in [1.82, 2.24) is 5.32 Å². The van der Waals surface area contributed by atoms with Crippen LogP contribution in [0.15, 0.2) is 24.4 Å². The smallest absolute Gasteiger partial charge is 0.230 e. The molecule has 0 aliphatic carbocycles. The average molecular weight is 123 g/mol. The largest absolute Gasteiger partial charge is 0.332 e. The average Bonchev–Trinajstić information content (AvgIpc) is 1.99. The molecule has 0 fully saturated rings. The van der Waals surface area contributed by atoms with Crippen molar-refractivity contribution < 1.29 is 4.79 Å². The fourth-order valence-electron chi connectivity index (χ4n) is 0.635. The number of hydrogen-bond acceptors (Lipinski definition) is 1. The zero-order valence-electron chi connectivity index (χ0n) is 5.29. The van der Waals surface area contributed by atoms with E-state index in [0.29, 0.717) is 0 Å². The lowest BCUT2D eigenvalue weighted by molar-refractivity contribution is -0.122. The van der Waals surface area contributed by atoms with E-state index >= 15 is 0 Å². The molecule has 1 aliphatic heterocycles. The molecule has 2 heteroatoms. The van der Waals surface area contributed by atoms with Crippen molar-refractivity contribution in [2.75, 3.05) is 0 Å². The van der Waals surface area contributed by atoms with E-state index in [1.807, 2.05) is 19.1 Å². The van der Waals surface area contributed by atoms with Gasteiger partial charge in [-0.15, -0.1) is 0 Å². The van der Waals surface area contributed by atoms with Gasteiger partial charge in [-0.2, -0.15) is 0 Å². The second-order valence-corrected chi connectivity index (χ2v) is 2.04. The summed E-state index contributed by atoms with van der Waals surface area (Å²) in [7, 11) is 0. The van der Waals surface area contributed by atoms with Crippen LogP contribution in [0.5, 0.6) is 0 Å². The monoisotopic (exact) mass is 123 g/mol. The standard InChI is InChI=1S/C7H9NO/c1-6-4-2-3-5-8-7(6)9/h2-6H,1H3,(H,8,9). The minimum absolute atomic E-state index is 0.000000000000000222. The molecule has 0 aromatic heterocycles. The molecule has 0 spiro atoms. The first-order valence-electron chi connectivity index (χ1n) is 2.94. The van der Waals surface area contributed by atoms with Crippen molar-refractivity contribution in [2.24, 2.45) is 5.92 Å². The number of rotatable bonds is 0. The molecule has 0 aromatic carbocycles. The van der Waals surface area contributed by atoms with Crippen LogP contribution in [0, 0.1) is 5.92 Å². The Morgan fingerprint density at radius 3 is 3.11 bits per heavy atom. The fourth-order valence-corrected chi connectivity index (χ4v) is 0.635. The van der Waals surface area contributed by atoms with Gasteiger partial charge >= 0.3 is 0 Å². The van der Waals surface area contributed by atoms with Gasteiger partial charge in [0.05, 0.1) is 5.92 Å². The van der Waals surface area contributed by atoms with Crippen LogP contribution in [-0.4, -0.2) is 5.91 Å². The summed E-state index contributed by atoms with van der Waals surface area (Å²) in [4.78, 5) is 10.8. The third-order valence-corrected chi connectivity index (χ3v) is 1.25. The predicted molar refractivity (Wildman–Crippen MR) is 35.6 cm³/mol. The molecule has 0 aromatic rings. The van der Waals surface area contributed by atoms with E-state index in [1.54, 1.807) is 12.3 Å². The van der Waals surface area contributed by atoms with Crippen LogP contribution in [0.4, 0.5) is 0 Å². The van der Waals surface area contributed by atoms with Crippen LogP contribution < -0.4 is 5.32 Å². The van der Waals surface area contributed by atoms with E-state index < -0.39 is 0 Å². The zero-order valence-corrected chi connectivity index (χ0v) is 5.29. The van der Waals surface area contributed by atoms with Crippen LogP contribution in [0.2, 0.25) is 0 Å². The van der Waals surface area contributed by atoms with E-state index in [0.717, 1.165) is 0 Å². The molecule has 2 nitrogen and oxygen atoms in total. The molecule has 1 rings (SSSR count). The lowest BCUT2D eigenvalue weighted by Gasteiger charge is -1.99. The minimum atomic E-state index is -0.000000000000000222. The number of carbonyl (C=O) groups is 1. The molecule has 0 saturated carbocycles. The molecule has 1 aliphatic rings. The van der Waals surface area contributed by atoms with Crippen molar-refractivity contribution >= 4 is 5.91 Å². The maximum Gasteiger partial charge on any atom is 0.230 e. The second-order valence-electron chi connectivity index (χ2n) is 2.04. The highest BCUT2D eigenvalue weighted by atomic mass is 16.1. The molecule has 0 saturated heterocycles. The maximum atomic E-state index is 10.8. The van der Waals surface area contributed by atoms with Gasteiger partial charge < -0.3 is 5.32 Å². The Balaban J connectivity index is 2.69. The first-order valence-corrected chi connectivity index (χ1v) is 2.94. The summed E-state index contributed by atoms with van der Waals surface area (Å²) >= 11 is 0. The SMILES string of the molecule is CC1C=CC=CNC1=O. The quantitative estimate of drug-likeness (QED) is 0.507. The summed E-state index contributed by atoms with van der Waals surface area (Å²) in [5.41, 5.74) is 0. The number of hydrogen-bond donors (Lipinski definition) is 1. The minimum Gasteiger partial charge on any atom is -0.332 e. The summed E-state index contributed by atoms with van der Waals surface area (Å²) < 4.78 is 0. The molecule has 1 unspecified atom stereocenters. The molecule has 0 radical (unpaired) electrons. The van der Waals surface area contributed by atoms with Gasteiger partial charge in [-0.05, 0) is 6.08 Å². The van der Waals surface area contributed by atoms with E-state index in [4.69, 9.17) is 0 Å². The summed E-state index contributed by atoms with van der Waals surface area (Å²) in [5.74, 6) is 0.0556. The summed E-state index contributed by atoms with van der Waals surface area (Å²) in [5, 5.41) is 2.61. The molecule has 1 N–H and O–H groups in total. The Hall–Kier alpha value is -1.05. The lowest BCUT2D eigenvalue weighted by atomic mass is 10.1. The van der Waals surface area contributed by atoms with Crippen LogP contribution in [0.25, 0.3) is 0 Å². The first-order chi connectivity index (χ1) is 4.30. The van der Waals surface area contributed by atoms with Gasteiger partial charge in [0.1, 0.15) is 0 Å². The molecule has 9 heavy (non-hydrogen) atoms. The zero-order chi connectivity index (χ0) is 6.69. The predicted octanol–water partition coefficient (Wildman–Crippen LogP) is 0.822. The Kier molecular flexibility index (Phi) is 1.68. The third kappa shape index (κ3) is 1.42. The van der Waals surface area contributed by atoms with Crippen molar-refractivity contribution in [2.45, 2.75) is 6.92 Å². The van der Waals surface area contributed by atoms with Gasteiger partial charge in [-0.3, -0.25) is 4.79 Å². The fraction of sp³-hybridized carbons (Fsp3) is 0.286. The van der Waals surface area contributed by atoms with Crippen LogP contribution in [0.1, 0.15) is 6.92 Å². The van der Waals surface area contributed by atoms with E-state index in [1.165, 1.54) is 0 Å². The van der Waals surface area contributed by atoms with E-state index in [9.17, 15) is 4.79 Å². The lowest BCUT2D eigenvalue weighted by Crippen LogP contribution is -2.21. The molecule has 1 amide bonds. The molecular formula is C7H9NO. The molecule has 1 atom stereocenters. The first kappa shape index (κ1) is 6.08. The molecular weight excluding hydrogens is 114 g/mol. The number of amides is 1. The highest BCUT2D eigenvalue weighted by Crippen LogP contribution is 1.99. The van der Waals surface area contributed by atoms with Crippen molar-refractivity contribution in [3.63, 3.8) is 0 Å². The van der Waals surface area contributed by atoms with Crippen molar-refractivity contribution in [1.29, 1.82) is 0 Å². The Bertz CT molecular complexity index is 170. The number of carbonyl (C=O) groups excluding carboxylic acids is 1. The van der Waals surface area contributed by atoms with Gasteiger partial charge in [0.25, 0.3) is 0 Å². The van der Waals surface area contributed by atoms with Crippen LogP contribution in [0.3, 0.4) is 0 Å². The Morgan fingerprint density at radius 2 is 2.33 bits per heavy atom. The highest BCUT2D eigenvalue weighted by Gasteiger charge is 2.07. The normalized spacial score (nSPS) is 25.4. The number of nitrogens with one attached hydrogen (secondary N) is 1. The Labute approximate surface area is 54.3 Å². The van der Waals surface area contributed by atoms with E-state index in [-0.39, 0.29) is 11.8 Å². The van der Waals surface area contributed by atoms with E-state index in [2.05, 4.69) is 5.32 Å². The topological polar surface area (TPSA) is 29.1 Å². The van der Waals surface area contributed by atoms with Gasteiger partial charge in [0.15, 0.2) is 0 Å². The van der Waals surface area contributed by atoms with Crippen LogP contribution in [-0.2, 0) is 4.79 Å². The highest BCUT2D eigenvalue weighted by molar-refractivity contribution is 5.81. The Morgan fingerprint density at radius 1 is 1.56 bits per heavy atom. The summed E-state index contributed by atoms with van der Waals surface area (Å²) in [6.45, 7) is 1.86. The third-order valence-electron chi connectivity index (χ3n) is 1.25. The summed E-state index contributed by atoms with van der Waals surface area (Å²) in [6.07, 6.45) is 7.17. The van der Waals surface area contributed by atoms with Gasteiger partial charge in [-0.25, -0.2) is 0 Å². The van der Waals surface area contributed by atoms with Crippen molar-refractivity contribution in [3.8, 4) is 0 Å². The second kappa shape index (κ2) is 2.49. The van der Waals surface area contributed by atoms with Gasteiger partial charge in [0, 0.05) is 6.20 Å².